The highest BCUT2D eigenvalue weighted by Gasteiger charge is 2.19. The van der Waals surface area contributed by atoms with Gasteiger partial charge in [-0.05, 0) is 43.3 Å². The summed E-state index contributed by atoms with van der Waals surface area (Å²) in [4.78, 5) is 13.0. The number of amides is 1. The zero-order chi connectivity index (χ0) is 22.8. The third-order valence-electron chi connectivity index (χ3n) is 5.38. The van der Waals surface area contributed by atoms with Crippen LogP contribution in [0.25, 0.3) is 22.6 Å². The summed E-state index contributed by atoms with van der Waals surface area (Å²) in [5, 5.41) is 16.9. The number of halogens is 1. The Kier molecular flexibility index (Phi) is 5.62. The molecule has 5 rings (SSSR count). The summed E-state index contributed by atoms with van der Waals surface area (Å²) < 4.78 is 3.67. The molecule has 1 N–H and O–H groups in total. The van der Waals surface area contributed by atoms with Crippen LogP contribution in [0, 0.1) is 0 Å². The maximum Gasteiger partial charge on any atom is 0.225 e. The molecule has 0 aliphatic heterocycles. The number of aromatic nitrogens is 5. The van der Waals surface area contributed by atoms with Crippen LogP contribution < -0.4 is 5.32 Å². The molecule has 1 unspecified atom stereocenters. The maximum atomic E-state index is 13.0. The number of rotatable bonds is 6. The molecule has 0 radical (unpaired) electrons. The third-order valence-corrected chi connectivity index (χ3v) is 5.64. The van der Waals surface area contributed by atoms with Crippen molar-refractivity contribution in [2.24, 2.45) is 0 Å². The number of nitrogens with zero attached hydrogens (tertiary/aromatic N) is 5. The Morgan fingerprint density at radius 3 is 2.55 bits per heavy atom. The minimum absolute atomic E-state index is 0.127. The van der Waals surface area contributed by atoms with E-state index in [-0.39, 0.29) is 18.4 Å². The summed E-state index contributed by atoms with van der Waals surface area (Å²) in [5.74, 6) is 0.551. The van der Waals surface area contributed by atoms with Gasteiger partial charge in [0.1, 0.15) is 0 Å². The number of pyridine rings is 1. The van der Waals surface area contributed by atoms with E-state index < -0.39 is 0 Å². The van der Waals surface area contributed by atoms with E-state index >= 15 is 0 Å². The molecule has 8 heteroatoms. The van der Waals surface area contributed by atoms with Gasteiger partial charge in [-0.25, -0.2) is 4.68 Å². The lowest BCUT2D eigenvalue weighted by Crippen LogP contribution is -2.29. The number of benzene rings is 2. The molecule has 7 nitrogen and oxygen atoms in total. The molecule has 0 fully saturated rings. The fourth-order valence-corrected chi connectivity index (χ4v) is 3.91. The number of nitrogens with one attached hydrogen (secondary N) is 1. The molecule has 0 aliphatic rings. The van der Waals surface area contributed by atoms with E-state index in [0.717, 1.165) is 28.2 Å². The lowest BCUT2D eigenvalue weighted by atomic mass is 10.1. The lowest BCUT2D eigenvalue weighted by Gasteiger charge is -2.12. The number of carbonyl (C=O) groups is 1. The first-order valence-corrected chi connectivity index (χ1v) is 11.0. The topological polar surface area (TPSA) is 77.1 Å². The summed E-state index contributed by atoms with van der Waals surface area (Å²) in [7, 11) is 0. The van der Waals surface area contributed by atoms with Crippen molar-refractivity contribution in [1.82, 2.24) is 29.7 Å². The molecule has 0 saturated heterocycles. The second-order valence-corrected chi connectivity index (χ2v) is 8.18. The van der Waals surface area contributed by atoms with Gasteiger partial charge in [0.2, 0.25) is 5.91 Å². The van der Waals surface area contributed by atoms with Crippen molar-refractivity contribution in [3.05, 3.63) is 102 Å². The highest BCUT2D eigenvalue weighted by atomic mass is 35.5. The molecule has 2 aromatic carbocycles. The van der Waals surface area contributed by atoms with Crippen molar-refractivity contribution in [1.29, 1.82) is 0 Å². The Morgan fingerprint density at radius 2 is 1.76 bits per heavy atom. The van der Waals surface area contributed by atoms with E-state index in [1.807, 2.05) is 96.5 Å². The molecule has 0 aliphatic carbocycles. The molecule has 0 saturated carbocycles. The van der Waals surface area contributed by atoms with Crippen molar-refractivity contribution >= 4 is 23.2 Å². The molecule has 3 heterocycles. The summed E-state index contributed by atoms with van der Waals surface area (Å²) in [5.41, 5.74) is 4.11. The SMILES string of the molecule is CC(NC(=O)Cc1cn(-c2ccccc2)nc1-c1ccc(Cl)cc1)c1nnc2ccccn12. The smallest absolute Gasteiger partial charge is 0.225 e. The van der Waals surface area contributed by atoms with Crippen LogP contribution in [0.5, 0.6) is 0 Å². The Labute approximate surface area is 195 Å². The van der Waals surface area contributed by atoms with E-state index in [2.05, 4.69) is 15.5 Å². The van der Waals surface area contributed by atoms with Crippen LogP contribution in [-0.2, 0) is 11.2 Å². The van der Waals surface area contributed by atoms with Crippen LogP contribution in [0.4, 0.5) is 0 Å². The van der Waals surface area contributed by atoms with Gasteiger partial charge in [0.15, 0.2) is 11.5 Å². The number of hydrogen-bond acceptors (Lipinski definition) is 4. The van der Waals surface area contributed by atoms with Crippen LogP contribution in [0.1, 0.15) is 24.4 Å². The molecular formula is C25H21ClN6O. The van der Waals surface area contributed by atoms with Gasteiger partial charge in [0.05, 0.1) is 23.8 Å². The molecule has 33 heavy (non-hydrogen) atoms. The first-order valence-electron chi connectivity index (χ1n) is 10.6. The third kappa shape index (κ3) is 4.36. The van der Waals surface area contributed by atoms with Gasteiger partial charge in [-0.3, -0.25) is 9.20 Å². The summed E-state index contributed by atoms with van der Waals surface area (Å²) in [6, 6.07) is 22.6. The molecular weight excluding hydrogens is 436 g/mol. The number of carbonyl (C=O) groups excluding carboxylic acids is 1. The van der Waals surface area contributed by atoms with Gasteiger partial charge in [-0.15, -0.1) is 10.2 Å². The van der Waals surface area contributed by atoms with E-state index in [4.69, 9.17) is 16.7 Å². The van der Waals surface area contributed by atoms with Gasteiger partial charge in [0.25, 0.3) is 0 Å². The van der Waals surface area contributed by atoms with E-state index in [0.29, 0.717) is 10.8 Å². The molecule has 3 aromatic heterocycles. The quantitative estimate of drug-likeness (QED) is 0.403. The molecule has 1 atom stereocenters. The molecule has 5 aromatic rings. The van der Waals surface area contributed by atoms with Crippen molar-refractivity contribution in [2.75, 3.05) is 0 Å². The molecule has 164 valence electrons. The highest BCUT2D eigenvalue weighted by molar-refractivity contribution is 6.30. The van der Waals surface area contributed by atoms with Crippen molar-refractivity contribution in [2.45, 2.75) is 19.4 Å². The summed E-state index contributed by atoms with van der Waals surface area (Å²) in [6.07, 6.45) is 3.96. The van der Waals surface area contributed by atoms with Crippen LogP contribution >= 0.6 is 11.6 Å². The van der Waals surface area contributed by atoms with Crippen LogP contribution in [0.3, 0.4) is 0 Å². The second kappa shape index (κ2) is 8.88. The van der Waals surface area contributed by atoms with Crippen LogP contribution in [-0.4, -0.2) is 30.3 Å². The fourth-order valence-electron chi connectivity index (χ4n) is 3.79. The van der Waals surface area contributed by atoms with E-state index in [1.54, 1.807) is 4.68 Å². The highest BCUT2D eigenvalue weighted by Crippen LogP contribution is 2.26. The zero-order valence-corrected chi connectivity index (χ0v) is 18.6. The van der Waals surface area contributed by atoms with E-state index in [1.165, 1.54) is 0 Å². The van der Waals surface area contributed by atoms with E-state index in [9.17, 15) is 4.79 Å². The first kappa shape index (κ1) is 20.9. The van der Waals surface area contributed by atoms with Gasteiger partial charge < -0.3 is 5.32 Å². The molecule has 0 spiro atoms. The Morgan fingerprint density at radius 1 is 1.00 bits per heavy atom. The minimum Gasteiger partial charge on any atom is -0.346 e. The lowest BCUT2D eigenvalue weighted by molar-refractivity contribution is -0.121. The predicted molar refractivity (Wildman–Crippen MR) is 127 cm³/mol. The van der Waals surface area contributed by atoms with Gasteiger partial charge >= 0.3 is 0 Å². The van der Waals surface area contributed by atoms with Gasteiger partial charge in [0, 0.05) is 28.5 Å². The van der Waals surface area contributed by atoms with Crippen molar-refractivity contribution in [3.63, 3.8) is 0 Å². The Hall–Kier alpha value is -3.97. The largest absolute Gasteiger partial charge is 0.346 e. The monoisotopic (exact) mass is 456 g/mol. The Bertz CT molecular complexity index is 1410. The van der Waals surface area contributed by atoms with Crippen molar-refractivity contribution in [3.8, 4) is 16.9 Å². The van der Waals surface area contributed by atoms with Crippen molar-refractivity contribution < 1.29 is 4.79 Å². The summed E-state index contributed by atoms with van der Waals surface area (Å²) in [6.45, 7) is 1.90. The average Bonchev–Trinajstić information content (AvgIpc) is 3.45. The number of hydrogen-bond donors (Lipinski definition) is 1. The number of fused-ring (bicyclic) bond motifs is 1. The maximum absolute atomic E-state index is 13.0. The van der Waals surface area contributed by atoms with Crippen LogP contribution in [0.15, 0.2) is 85.2 Å². The fraction of sp³-hybridized carbons (Fsp3) is 0.120. The second-order valence-electron chi connectivity index (χ2n) is 7.74. The standard InChI is InChI=1S/C25H21ClN6O/c1-17(25-29-28-22-9-5-6-14-31(22)25)27-23(33)15-19-16-32(21-7-3-2-4-8-21)30-24(19)18-10-12-20(26)13-11-18/h2-14,16-17H,15H2,1H3,(H,27,33). The molecule has 0 bridgehead atoms. The normalized spacial score (nSPS) is 12.1. The first-order chi connectivity index (χ1) is 16.1. The zero-order valence-electron chi connectivity index (χ0n) is 17.9. The average molecular weight is 457 g/mol. The Balaban J connectivity index is 1.42. The van der Waals surface area contributed by atoms with Gasteiger partial charge in [-0.2, -0.15) is 5.10 Å². The van der Waals surface area contributed by atoms with Crippen LogP contribution in [0.2, 0.25) is 5.02 Å². The summed E-state index contributed by atoms with van der Waals surface area (Å²) >= 11 is 6.07. The minimum atomic E-state index is -0.307. The van der Waals surface area contributed by atoms with Gasteiger partial charge in [-0.1, -0.05) is 48.0 Å². The molecule has 1 amide bonds. The predicted octanol–water partition coefficient (Wildman–Crippen LogP) is 4.66. The number of para-hydroxylation sites is 1.